The summed E-state index contributed by atoms with van der Waals surface area (Å²) in [5.74, 6) is -0.292. The maximum atomic E-state index is 13.0. The van der Waals surface area contributed by atoms with E-state index in [0.29, 0.717) is 29.5 Å². The summed E-state index contributed by atoms with van der Waals surface area (Å²) >= 11 is 0. The molecule has 0 aliphatic heterocycles. The summed E-state index contributed by atoms with van der Waals surface area (Å²) in [4.78, 5) is 17.3. The number of aromatic nitrogens is 5. The predicted octanol–water partition coefficient (Wildman–Crippen LogP) is 4.61. The van der Waals surface area contributed by atoms with Gasteiger partial charge in [0.25, 0.3) is 5.91 Å². The summed E-state index contributed by atoms with van der Waals surface area (Å²) in [6.07, 6.45) is -2.42. The summed E-state index contributed by atoms with van der Waals surface area (Å²) < 4.78 is 39.0. The molecule has 1 aromatic carbocycles. The first-order chi connectivity index (χ1) is 17.5. The molecule has 37 heavy (non-hydrogen) atoms. The number of carbonyl (C=O) groups excluding carboxylic acids is 1. The molecule has 0 unspecified atom stereocenters. The monoisotopic (exact) mass is 511 g/mol. The standard InChI is InChI=1S/C25H24F3N7O2/c1-13-4-5-18(32-24(37)22-8-17(10-29-35-22)25(26,27)28)9-19(13)16-6-21(20-11-30-34-15(20)3)33-23(7-16)31-14(2)12-36/h4-11,14,36H,12H2,1-3H3,(H,30,34)(H,31,33)(H,32,37)/t14-/m1/s1. The van der Waals surface area contributed by atoms with Crippen LogP contribution in [0.2, 0.25) is 0 Å². The fourth-order valence-electron chi connectivity index (χ4n) is 3.64. The van der Waals surface area contributed by atoms with E-state index in [4.69, 9.17) is 0 Å². The lowest BCUT2D eigenvalue weighted by Crippen LogP contribution is -2.20. The summed E-state index contributed by atoms with van der Waals surface area (Å²) in [5.41, 5.74) is 3.53. The molecule has 1 atom stereocenters. The van der Waals surface area contributed by atoms with Crippen molar-refractivity contribution in [2.24, 2.45) is 0 Å². The lowest BCUT2D eigenvalue weighted by molar-refractivity contribution is -0.137. The summed E-state index contributed by atoms with van der Waals surface area (Å²) in [6, 6.07) is 9.24. The Kier molecular flexibility index (Phi) is 7.21. The van der Waals surface area contributed by atoms with Gasteiger partial charge in [0, 0.05) is 23.0 Å². The Morgan fingerprint density at radius 2 is 1.89 bits per heavy atom. The molecular weight excluding hydrogens is 487 g/mol. The first-order valence-corrected chi connectivity index (χ1v) is 11.3. The number of nitrogens with one attached hydrogen (secondary N) is 3. The molecule has 12 heteroatoms. The Morgan fingerprint density at radius 1 is 1.11 bits per heavy atom. The van der Waals surface area contributed by atoms with E-state index in [9.17, 15) is 23.1 Å². The van der Waals surface area contributed by atoms with E-state index in [0.717, 1.165) is 27.9 Å². The highest BCUT2D eigenvalue weighted by atomic mass is 19.4. The number of anilines is 2. The average molecular weight is 512 g/mol. The first kappa shape index (κ1) is 25.8. The number of carbonyl (C=O) groups is 1. The fourth-order valence-corrected chi connectivity index (χ4v) is 3.64. The van der Waals surface area contributed by atoms with Gasteiger partial charge in [0.2, 0.25) is 0 Å². The zero-order valence-electron chi connectivity index (χ0n) is 20.2. The Balaban J connectivity index is 1.70. The molecule has 0 saturated heterocycles. The van der Waals surface area contributed by atoms with Crippen LogP contribution < -0.4 is 10.6 Å². The number of aromatic amines is 1. The van der Waals surface area contributed by atoms with Gasteiger partial charge >= 0.3 is 6.18 Å². The third-order valence-corrected chi connectivity index (χ3v) is 5.62. The van der Waals surface area contributed by atoms with Crippen molar-refractivity contribution >= 4 is 17.4 Å². The average Bonchev–Trinajstić information content (AvgIpc) is 3.30. The molecule has 0 spiro atoms. The minimum atomic E-state index is -4.65. The normalized spacial score (nSPS) is 12.3. The van der Waals surface area contributed by atoms with Crippen molar-refractivity contribution in [3.05, 3.63) is 71.3 Å². The minimum Gasteiger partial charge on any atom is -0.394 e. The van der Waals surface area contributed by atoms with E-state index in [1.54, 1.807) is 24.4 Å². The molecule has 192 valence electrons. The second kappa shape index (κ2) is 10.3. The number of alkyl halides is 3. The molecule has 0 saturated carbocycles. The third-order valence-electron chi connectivity index (χ3n) is 5.62. The summed E-state index contributed by atoms with van der Waals surface area (Å²) in [5, 5.41) is 29.0. The van der Waals surface area contributed by atoms with Gasteiger partial charge in [-0.25, -0.2) is 4.98 Å². The Morgan fingerprint density at radius 3 is 2.57 bits per heavy atom. The van der Waals surface area contributed by atoms with Gasteiger partial charge < -0.3 is 15.7 Å². The number of pyridine rings is 1. The quantitative estimate of drug-likeness (QED) is 0.285. The molecule has 0 bridgehead atoms. The topological polar surface area (TPSA) is 129 Å². The highest BCUT2D eigenvalue weighted by molar-refractivity contribution is 6.03. The second-order valence-corrected chi connectivity index (χ2v) is 8.57. The minimum absolute atomic E-state index is 0.0923. The Bertz CT molecular complexity index is 1440. The van der Waals surface area contributed by atoms with Crippen LogP contribution in [-0.2, 0) is 6.18 Å². The van der Waals surface area contributed by atoms with Crippen LogP contribution in [0.1, 0.15) is 34.2 Å². The zero-order valence-corrected chi connectivity index (χ0v) is 20.2. The van der Waals surface area contributed by atoms with E-state index in [1.807, 2.05) is 32.9 Å². The van der Waals surface area contributed by atoms with Gasteiger partial charge in [0.1, 0.15) is 5.82 Å². The van der Waals surface area contributed by atoms with Crippen molar-refractivity contribution in [3.8, 4) is 22.4 Å². The fraction of sp³-hybridized carbons (Fsp3) is 0.240. The molecule has 3 aromatic heterocycles. The van der Waals surface area contributed by atoms with Gasteiger partial charge in [-0.05, 0) is 67.8 Å². The summed E-state index contributed by atoms with van der Waals surface area (Å²) in [6.45, 7) is 5.49. The number of hydrogen-bond donors (Lipinski definition) is 4. The largest absolute Gasteiger partial charge is 0.418 e. The van der Waals surface area contributed by atoms with Gasteiger partial charge in [0.15, 0.2) is 5.69 Å². The predicted molar refractivity (Wildman–Crippen MR) is 132 cm³/mol. The maximum Gasteiger partial charge on any atom is 0.418 e. The molecule has 4 N–H and O–H groups in total. The number of aliphatic hydroxyl groups is 1. The van der Waals surface area contributed by atoms with Crippen molar-refractivity contribution in [1.82, 2.24) is 25.4 Å². The van der Waals surface area contributed by atoms with Crippen LogP contribution in [0.4, 0.5) is 24.7 Å². The number of halogens is 3. The maximum absolute atomic E-state index is 13.0. The van der Waals surface area contributed by atoms with Gasteiger partial charge in [-0.3, -0.25) is 9.89 Å². The molecule has 0 aliphatic carbocycles. The number of aryl methyl sites for hydroxylation is 2. The van der Waals surface area contributed by atoms with Gasteiger partial charge in [0.05, 0.1) is 30.3 Å². The van der Waals surface area contributed by atoms with E-state index >= 15 is 0 Å². The van der Waals surface area contributed by atoms with E-state index in [2.05, 4.69) is 36.0 Å². The molecule has 4 rings (SSSR count). The number of aliphatic hydroxyl groups excluding tert-OH is 1. The smallest absolute Gasteiger partial charge is 0.394 e. The number of amides is 1. The number of nitrogens with zero attached hydrogens (tertiary/aromatic N) is 4. The molecule has 1 amide bonds. The Hall–Kier alpha value is -4.32. The second-order valence-electron chi connectivity index (χ2n) is 8.57. The van der Waals surface area contributed by atoms with Crippen LogP contribution in [0.3, 0.4) is 0 Å². The van der Waals surface area contributed by atoms with Crippen LogP contribution in [-0.4, -0.2) is 49.0 Å². The van der Waals surface area contributed by atoms with E-state index in [1.165, 1.54) is 0 Å². The van der Waals surface area contributed by atoms with Gasteiger partial charge in [-0.1, -0.05) is 6.07 Å². The molecular formula is C25H24F3N7O2. The first-order valence-electron chi connectivity index (χ1n) is 11.3. The van der Waals surface area contributed by atoms with Gasteiger partial charge in [-0.15, -0.1) is 5.10 Å². The molecule has 0 aliphatic rings. The van der Waals surface area contributed by atoms with Crippen LogP contribution in [0.25, 0.3) is 22.4 Å². The molecule has 0 radical (unpaired) electrons. The van der Waals surface area contributed by atoms with E-state index < -0.39 is 23.3 Å². The molecule has 9 nitrogen and oxygen atoms in total. The lowest BCUT2D eigenvalue weighted by atomic mass is 9.98. The number of H-pyrrole nitrogens is 1. The van der Waals surface area contributed by atoms with Crippen LogP contribution >= 0.6 is 0 Å². The van der Waals surface area contributed by atoms with Crippen molar-refractivity contribution < 1.29 is 23.1 Å². The zero-order chi connectivity index (χ0) is 26.7. The van der Waals surface area contributed by atoms with Crippen molar-refractivity contribution in [3.63, 3.8) is 0 Å². The lowest BCUT2D eigenvalue weighted by Gasteiger charge is -2.16. The van der Waals surface area contributed by atoms with Crippen molar-refractivity contribution in [2.45, 2.75) is 33.0 Å². The van der Waals surface area contributed by atoms with Crippen LogP contribution in [0.5, 0.6) is 0 Å². The van der Waals surface area contributed by atoms with Crippen LogP contribution in [0, 0.1) is 13.8 Å². The van der Waals surface area contributed by atoms with E-state index in [-0.39, 0.29) is 12.6 Å². The highest BCUT2D eigenvalue weighted by Crippen LogP contribution is 2.33. The molecule has 3 heterocycles. The molecule has 0 fully saturated rings. The highest BCUT2D eigenvalue weighted by Gasteiger charge is 2.32. The third kappa shape index (κ3) is 5.92. The molecule has 4 aromatic rings. The van der Waals surface area contributed by atoms with Crippen molar-refractivity contribution in [1.29, 1.82) is 0 Å². The van der Waals surface area contributed by atoms with Crippen molar-refractivity contribution in [2.75, 3.05) is 17.2 Å². The number of benzene rings is 1. The van der Waals surface area contributed by atoms with Crippen LogP contribution in [0.15, 0.2) is 48.8 Å². The van der Waals surface area contributed by atoms with Gasteiger partial charge in [-0.2, -0.15) is 23.4 Å². The number of hydrogen-bond acceptors (Lipinski definition) is 7. The SMILES string of the molecule is Cc1ccc(NC(=O)c2cc(C(F)(F)F)cnn2)cc1-c1cc(N[C@H](C)CO)nc(-c2cn[nH]c2C)c1. The Labute approximate surface area is 210 Å². The summed E-state index contributed by atoms with van der Waals surface area (Å²) in [7, 11) is 0. The number of rotatable bonds is 7.